The van der Waals surface area contributed by atoms with Gasteiger partial charge in [-0.15, -0.1) is 0 Å². The minimum Gasteiger partial charge on any atom is -0.334 e. The first-order valence-electron chi connectivity index (χ1n) is 4.58. The van der Waals surface area contributed by atoms with Crippen LogP contribution in [0.4, 0.5) is 0 Å². The number of hydrogen-bond acceptors (Lipinski definition) is 4. The minimum absolute atomic E-state index is 0.0712. The second kappa shape index (κ2) is 3.38. The summed E-state index contributed by atoms with van der Waals surface area (Å²) in [5.74, 6) is 0.510. The average molecular weight is 195 g/mol. The highest BCUT2D eigenvalue weighted by molar-refractivity contribution is 5.90. The Morgan fingerprint density at radius 3 is 3.00 bits per heavy atom. The Morgan fingerprint density at radius 2 is 2.50 bits per heavy atom. The first-order valence-corrected chi connectivity index (χ1v) is 4.58. The Morgan fingerprint density at radius 1 is 1.71 bits per heavy atom. The van der Waals surface area contributed by atoms with Crippen LogP contribution in [0.25, 0.3) is 0 Å². The summed E-state index contributed by atoms with van der Waals surface area (Å²) in [6, 6.07) is 0.0712. The molecule has 3 N–H and O–H groups in total. The Balaban J connectivity index is 2.07. The molecular weight excluding hydrogens is 182 g/mol. The smallest absolute Gasteiger partial charge is 0.291 e. The lowest BCUT2D eigenvalue weighted by atomic mass is 10.1. The van der Waals surface area contributed by atoms with Gasteiger partial charge in [-0.25, -0.2) is 4.98 Å². The lowest BCUT2D eigenvalue weighted by Crippen LogP contribution is -2.32. The number of carbonyl (C=O) groups is 1. The molecule has 2 rings (SSSR count). The first kappa shape index (κ1) is 9.14. The molecule has 1 aromatic rings. The summed E-state index contributed by atoms with van der Waals surface area (Å²) in [6.07, 6.45) is 1.33. The van der Waals surface area contributed by atoms with Crippen LogP contribution in [-0.4, -0.2) is 45.1 Å². The molecule has 1 aliphatic heterocycles. The third-order valence-corrected chi connectivity index (χ3v) is 2.58. The zero-order valence-corrected chi connectivity index (χ0v) is 7.97. The molecule has 0 radical (unpaired) electrons. The molecule has 0 spiro atoms. The van der Waals surface area contributed by atoms with E-state index in [-0.39, 0.29) is 17.8 Å². The molecule has 6 nitrogen and oxygen atoms in total. The Hall–Kier alpha value is -1.43. The van der Waals surface area contributed by atoms with Gasteiger partial charge in [-0.1, -0.05) is 6.92 Å². The Labute approximate surface area is 81.5 Å². The predicted octanol–water partition coefficient (Wildman–Crippen LogP) is -0.776. The van der Waals surface area contributed by atoms with Crippen molar-refractivity contribution in [3.63, 3.8) is 0 Å². The summed E-state index contributed by atoms with van der Waals surface area (Å²) in [7, 11) is 0. The maximum atomic E-state index is 11.7. The van der Waals surface area contributed by atoms with Crippen molar-refractivity contribution in [2.24, 2.45) is 11.7 Å². The van der Waals surface area contributed by atoms with Gasteiger partial charge in [0.25, 0.3) is 5.91 Å². The lowest BCUT2D eigenvalue weighted by molar-refractivity contribution is 0.0775. The molecule has 0 saturated carbocycles. The maximum Gasteiger partial charge on any atom is 0.291 e. The summed E-state index contributed by atoms with van der Waals surface area (Å²) in [4.78, 5) is 17.3. The van der Waals surface area contributed by atoms with Crippen LogP contribution in [0.1, 0.15) is 17.5 Å². The fraction of sp³-hybridized carbons (Fsp3) is 0.625. The SMILES string of the molecule is CC1CN(C(=O)c2ncn[nH]2)CC1N. The number of nitrogens with zero attached hydrogens (tertiary/aromatic N) is 3. The van der Waals surface area contributed by atoms with Crippen molar-refractivity contribution >= 4 is 5.91 Å². The number of rotatable bonds is 1. The van der Waals surface area contributed by atoms with Crippen LogP contribution in [0.3, 0.4) is 0 Å². The van der Waals surface area contributed by atoms with E-state index in [0.29, 0.717) is 19.0 Å². The van der Waals surface area contributed by atoms with Crippen molar-refractivity contribution in [1.82, 2.24) is 20.1 Å². The fourth-order valence-corrected chi connectivity index (χ4v) is 1.62. The van der Waals surface area contributed by atoms with E-state index in [4.69, 9.17) is 5.73 Å². The standard InChI is InChI=1S/C8H13N5O/c1-5-2-13(3-6(5)9)8(14)7-10-4-11-12-7/h4-6H,2-3,9H2,1H3,(H,10,11,12). The number of H-pyrrole nitrogens is 1. The average Bonchev–Trinajstić information content (AvgIpc) is 2.76. The quantitative estimate of drug-likeness (QED) is 0.615. The molecule has 2 unspecified atom stereocenters. The maximum absolute atomic E-state index is 11.7. The van der Waals surface area contributed by atoms with Gasteiger partial charge >= 0.3 is 0 Å². The molecule has 1 amide bonds. The number of carbonyl (C=O) groups excluding carboxylic acids is 1. The molecular formula is C8H13N5O. The molecule has 6 heteroatoms. The summed E-state index contributed by atoms with van der Waals surface area (Å²) >= 11 is 0. The van der Waals surface area contributed by atoms with E-state index in [2.05, 4.69) is 15.2 Å². The van der Waals surface area contributed by atoms with Gasteiger partial charge in [0.1, 0.15) is 6.33 Å². The lowest BCUT2D eigenvalue weighted by Gasteiger charge is -2.13. The second-order valence-electron chi connectivity index (χ2n) is 3.69. The number of amides is 1. The van der Waals surface area contributed by atoms with E-state index in [0.717, 1.165) is 0 Å². The third-order valence-electron chi connectivity index (χ3n) is 2.58. The predicted molar refractivity (Wildman–Crippen MR) is 49.4 cm³/mol. The molecule has 76 valence electrons. The largest absolute Gasteiger partial charge is 0.334 e. The van der Waals surface area contributed by atoms with Crippen molar-refractivity contribution in [2.45, 2.75) is 13.0 Å². The molecule has 1 aromatic heterocycles. The van der Waals surface area contributed by atoms with E-state index in [9.17, 15) is 4.79 Å². The van der Waals surface area contributed by atoms with Crippen LogP contribution in [0.15, 0.2) is 6.33 Å². The van der Waals surface area contributed by atoms with Gasteiger partial charge in [-0.05, 0) is 5.92 Å². The van der Waals surface area contributed by atoms with Gasteiger partial charge in [0.05, 0.1) is 0 Å². The molecule has 1 fully saturated rings. The Bertz CT molecular complexity index is 312. The molecule has 1 saturated heterocycles. The van der Waals surface area contributed by atoms with Gasteiger partial charge in [-0.3, -0.25) is 9.89 Å². The van der Waals surface area contributed by atoms with Crippen molar-refractivity contribution in [3.8, 4) is 0 Å². The summed E-state index contributed by atoms with van der Waals surface area (Å²) in [5.41, 5.74) is 5.82. The minimum atomic E-state index is -0.123. The van der Waals surface area contributed by atoms with Crippen LogP contribution < -0.4 is 5.73 Å². The molecule has 0 aromatic carbocycles. The summed E-state index contributed by atoms with van der Waals surface area (Å²) in [5, 5.41) is 6.19. The van der Waals surface area contributed by atoms with Crippen LogP contribution in [0, 0.1) is 5.92 Å². The zero-order chi connectivity index (χ0) is 10.1. The molecule has 0 bridgehead atoms. The highest BCUT2D eigenvalue weighted by Gasteiger charge is 2.31. The van der Waals surface area contributed by atoms with Gasteiger partial charge < -0.3 is 10.6 Å². The molecule has 2 atom stereocenters. The second-order valence-corrected chi connectivity index (χ2v) is 3.69. The van der Waals surface area contributed by atoms with E-state index in [1.807, 2.05) is 6.92 Å². The number of aromatic nitrogens is 3. The van der Waals surface area contributed by atoms with Gasteiger partial charge in [0.2, 0.25) is 5.82 Å². The molecule has 14 heavy (non-hydrogen) atoms. The van der Waals surface area contributed by atoms with Crippen molar-refractivity contribution in [2.75, 3.05) is 13.1 Å². The van der Waals surface area contributed by atoms with Gasteiger partial charge in [0.15, 0.2) is 0 Å². The number of aromatic amines is 1. The number of nitrogens with two attached hydrogens (primary N) is 1. The van der Waals surface area contributed by atoms with E-state index >= 15 is 0 Å². The topological polar surface area (TPSA) is 87.9 Å². The Kier molecular flexibility index (Phi) is 2.20. The van der Waals surface area contributed by atoms with E-state index < -0.39 is 0 Å². The monoisotopic (exact) mass is 195 g/mol. The normalized spacial score (nSPS) is 26.9. The van der Waals surface area contributed by atoms with Crippen molar-refractivity contribution in [3.05, 3.63) is 12.2 Å². The van der Waals surface area contributed by atoms with Crippen LogP contribution in [0.5, 0.6) is 0 Å². The summed E-state index contributed by atoms with van der Waals surface area (Å²) in [6.45, 7) is 3.33. The van der Waals surface area contributed by atoms with Crippen LogP contribution >= 0.6 is 0 Å². The fourth-order valence-electron chi connectivity index (χ4n) is 1.62. The zero-order valence-electron chi connectivity index (χ0n) is 7.97. The van der Waals surface area contributed by atoms with Crippen LogP contribution in [-0.2, 0) is 0 Å². The third kappa shape index (κ3) is 1.48. The van der Waals surface area contributed by atoms with Crippen molar-refractivity contribution in [1.29, 1.82) is 0 Å². The van der Waals surface area contributed by atoms with Gasteiger partial charge in [-0.2, -0.15) is 5.10 Å². The van der Waals surface area contributed by atoms with E-state index in [1.54, 1.807) is 4.90 Å². The molecule has 0 aliphatic carbocycles. The van der Waals surface area contributed by atoms with Gasteiger partial charge in [0, 0.05) is 19.1 Å². The highest BCUT2D eigenvalue weighted by Crippen LogP contribution is 2.15. The number of hydrogen-bond donors (Lipinski definition) is 2. The molecule has 1 aliphatic rings. The van der Waals surface area contributed by atoms with Crippen LogP contribution in [0.2, 0.25) is 0 Å². The number of nitrogens with one attached hydrogen (secondary N) is 1. The van der Waals surface area contributed by atoms with Crippen molar-refractivity contribution < 1.29 is 4.79 Å². The summed E-state index contributed by atoms with van der Waals surface area (Å²) < 4.78 is 0. The first-order chi connectivity index (χ1) is 6.68. The number of likely N-dealkylation sites (tertiary alicyclic amines) is 1. The van der Waals surface area contributed by atoms with E-state index in [1.165, 1.54) is 6.33 Å². The highest BCUT2D eigenvalue weighted by atomic mass is 16.2. The molecule has 2 heterocycles.